The first kappa shape index (κ1) is 18.0. The number of methoxy groups -OCH3 is 1. The number of carbonyl (C=O) groups is 2. The molecule has 136 valence electrons. The molecular weight excluding hydrogens is 328 g/mol. The predicted octanol–water partition coefficient (Wildman–Crippen LogP) is 2.40. The van der Waals surface area contributed by atoms with Crippen molar-refractivity contribution in [2.45, 2.75) is 19.4 Å². The molecule has 3 rings (SSSR count). The van der Waals surface area contributed by atoms with E-state index in [4.69, 9.17) is 4.74 Å². The number of benzene rings is 2. The lowest BCUT2D eigenvalue weighted by atomic mass is 10.1. The Morgan fingerprint density at radius 1 is 1.15 bits per heavy atom. The zero-order chi connectivity index (χ0) is 18.4. The number of likely N-dealkylation sites (tertiary alicyclic amines) is 1. The fourth-order valence-corrected chi connectivity index (χ4v) is 3.26. The molecule has 0 saturated carbocycles. The zero-order valence-corrected chi connectivity index (χ0v) is 15.0. The highest BCUT2D eigenvalue weighted by atomic mass is 16.5. The van der Waals surface area contributed by atoms with E-state index >= 15 is 0 Å². The Morgan fingerprint density at radius 3 is 2.65 bits per heavy atom. The average Bonchev–Trinajstić information content (AvgIpc) is 3.06. The molecule has 2 aromatic rings. The fraction of sp³-hybridized carbons (Fsp3) is 0.333. The van der Waals surface area contributed by atoms with Gasteiger partial charge in [-0.05, 0) is 23.6 Å². The molecule has 1 aliphatic rings. The normalized spacial score (nSPS) is 16.6. The highest BCUT2D eigenvalue weighted by Crippen LogP contribution is 2.22. The molecular formula is C21H24N2O3. The van der Waals surface area contributed by atoms with E-state index in [2.05, 4.69) is 5.32 Å². The van der Waals surface area contributed by atoms with E-state index in [9.17, 15) is 9.59 Å². The van der Waals surface area contributed by atoms with Gasteiger partial charge in [0.25, 0.3) is 0 Å². The van der Waals surface area contributed by atoms with E-state index in [1.54, 1.807) is 12.0 Å². The van der Waals surface area contributed by atoms with Crippen LogP contribution in [-0.4, -0.2) is 36.9 Å². The van der Waals surface area contributed by atoms with Crippen LogP contribution in [0.1, 0.15) is 17.5 Å². The number of carbonyl (C=O) groups excluding carboxylic acids is 2. The third kappa shape index (κ3) is 4.42. The molecule has 0 bridgehead atoms. The third-order valence-corrected chi connectivity index (χ3v) is 4.74. The van der Waals surface area contributed by atoms with Crippen LogP contribution < -0.4 is 10.1 Å². The van der Waals surface area contributed by atoms with Crippen molar-refractivity contribution in [2.24, 2.45) is 5.92 Å². The van der Waals surface area contributed by atoms with E-state index in [1.807, 2.05) is 54.6 Å². The van der Waals surface area contributed by atoms with Crippen LogP contribution in [0.15, 0.2) is 54.6 Å². The van der Waals surface area contributed by atoms with Crippen LogP contribution in [0.5, 0.6) is 5.75 Å². The Balaban J connectivity index is 1.51. The van der Waals surface area contributed by atoms with Gasteiger partial charge in [0.15, 0.2) is 0 Å². The topological polar surface area (TPSA) is 58.6 Å². The Labute approximate surface area is 154 Å². The number of hydrogen-bond acceptors (Lipinski definition) is 3. The van der Waals surface area contributed by atoms with E-state index in [0.717, 1.165) is 16.9 Å². The van der Waals surface area contributed by atoms with Crippen molar-refractivity contribution in [3.63, 3.8) is 0 Å². The highest BCUT2D eigenvalue weighted by molar-refractivity contribution is 5.89. The van der Waals surface area contributed by atoms with Gasteiger partial charge in [0.05, 0.1) is 13.0 Å². The number of nitrogens with one attached hydrogen (secondary N) is 1. The first-order chi connectivity index (χ1) is 12.7. The molecule has 5 heteroatoms. The minimum atomic E-state index is -0.274. The van der Waals surface area contributed by atoms with Gasteiger partial charge in [-0.15, -0.1) is 0 Å². The molecule has 1 saturated heterocycles. The molecule has 26 heavy (non-hydrogen) atoms. The van der Waals surface area contributed by atoms with Gasteiger partial charge in [-0.1, -0.05) is 48.5 Å². The summed E-state index contributed by atoms with van der Waals surface area (Å²) in [6.07, 6.45) is 1.00. The van der Waals surface area contributed by atoms with Crippen molar-refractivity contribution in [1.29, 1.82) is 0 Å². The Bertz CT molecular complexity index is 761. The maximum absolute atomic E-state index is 12.4. The quantitative estimate of drug-likeness (QED) is 0.832. The van der Waals surface area contributed by atoms with Crippen LogP contribution >= 0.6 is 0 Å². The Kier molecular flexibility index (Phi) is 5.89. The number of ether oxygens (including phenoxy) is 1. The van der Waals surface area contributed by atoms with Gasteiger partial charge in [0.2, 0.25) is 11.8 Å². The summed E-state index contributed by atoms with van der Waals surface area (Å²) in [4.78, 5) is 26.4. The second-order valence-electron chi connectivity index (χ2n) is 6.51. The summed E-state index contributed by atoms with van der Waals surface area (Å²) in [5, 5.41) is 2.94. The number of nitrogens with zero attached hydrogens (tertiary/aromatic N) is 1. The van der Waals surface area contributed by atoms with Crippen molar-refractivity contribution >= 4 is 11.8 Å². The van der Waals surface area contributed by atoms with E-state index in [0.29, 0.717) is 26.1 Å². The lowest BCUT2D eigenvalue weighted by molar-refractivity contribution is -0.129. The molecule has 0 aliphatic carbocycles. The number of amides is 2. The van der Waals surface area contributed by atoms with Gasteiger partial charge in [-0.25, -0.2) is 0 Å². The highest BCUT2D eigenvalue weighted by Gasteiger charge is 2.33. The van der Waals surface area contributed by atoms with Gasteiger partial charge in [-0.3, -0.25) is 9.59 Å². The van der Waals surface area contributed by atoms with Crippen LogP contribution in [0.2, 0.25) is 0 Å². The van der Waals surface area contributed by atoms with E-state index in [1.165, 1.54) is 0 Å². The van der Waals surface area contributed by atoms with Crippen LogP contribution in [0.4, 0.5) is 0 Å². The molecule has 1 heterocycles. The van der Waals surface area contributed by atoms with Crippen LogP contribution in [0.25, 0.3) is 0 Å². The van der Waals surface area contributed by atoms with Crippen LogP contribution in [-0.2, 0) is 22.6 Å². The summed E-state index contributed by atoms with van der Waals surface area (Å²) < 4.78 is 5.35. The lowest BCUT2D eigenvalue weighted by Gasteiger charge is -2.17. The Hall–Kier alpha value is -2.82. The minimum Gasteiger partial charge on any atom is -0.496 e. The smallest absolute Gasteiger partial charge is 0.225 e. The van der Waals surface area contributed by atoms with Crippen molar-refractivity contribution in [3.8, 4) is 5.75 Å². The molecule has 0 aromatic heterocycles. The molecule has 1 unspecified atom stereocenters. The number of hydrogen-bond donors (Lipinski definition) is 1. The summed E-state index contributed by atoms with van der Waals surface area (Å²) in [6.45, 7) is 1.57. The molecule has 1 aliphatic heterocycles. The standard InChI is InChI=1S/C21H24N2O3/c1-26-19-10-6-5-9-17(19)11-12-23-15-18(13-20(23)24)21(25)22-14-16-7-3-2-4-8-16/h2-10,18H,11-15H2,1H3,(H,22,25). The summed E-state index contributed by atoms with van der Waals surface area (Å²) in [6, 6.07) is 17.6. The maximum atomic E-state index is 12.4. The second-order valence-corrected chi connectivity index (χ2v) is 6.51. The van der Waals surface area contributed by atoms with Gasteiger partial charge in [0.1, 0.15) is 5.75 Å². The zero-order valence-electron chi connectivity index (χ0n) is 15.0. The third-order valence-electron chi connectivity index (χ3n) is 4.74. The fourth-order valence-electron chi connectivity index (χ4n) is 3.26. The van der Waals surface area contributed by atoms with Crippen molar-refractivity contribution in [1.82, 2.24) is 10.2 Å². The van der Waals surface area contributed by atoms with Crippen LogP contribution in [0.3, 0.4) is 0 Å². The van der Waals surface area contributed by atoms with Crippen molar-refractivity contribution in [3.05, 3.63) is 65.7 Å². The van der Waals surface area contributed by atoms with Crippen LogP contribution in [0, 0.1) is 5.92 Å². The molecule has 1 fully saturated rings. The van der Waals surface area contributed by atoms with E-state index < -0.39 is 0 Å². The lowest BCUT2D eigenvalue weighted by Crippen LogP contribution is -2.33. The van der Waals surface area contributed by atoms with Crippen molar-refractivity contribution in [2.75, 3.05) is 20.2 Å². The molecule has 1 N–H and O–H groups in total. The van der Waals surface area contributed by atoms with E-state index in [-0.39, 0.29) is 24.2 Å². The average molecular weight is 352 g/mol. The maximum Gasteiger partial charge on any atom is 0.225 e. The first-order valence-corrected chi connectivity index (χ1v) is 8.88. The largest absolute Gasteiger partial charge is 0.496 e. The molecule has 2 aromatic carbocycles. The molecule has 5 nitrogen and oxygen atoms in total. The second kappa shape index (κ2) is 8.52. The summed E-state index contributed by atoms with van der Waals surface area (Å²) in [5.74, 6) is 0.543. The molecule has 1 atom stereocenters. The SMILES string of the molecule is COc1ccccc1CCN1CC(C(=O)NCc2ccccc2)CC1=O. The number of para-hydroxylation sites is 1. The molecule has 0 radical (unpaired) electrons. The van der Waals surface area contributed by atoms with Gasteiger partial charge < -0.3 is 15.0 Å². The monoisotopic (exact) mass is 352 g/mol. The van der Waals surface area contributed by atoms with Gasteiger partial charge in [-0.2, -0.15) is 0 Å². The minimum absolute atomic E-state index is 0.0414. The number of rotatable bonds is 7. The summed E-state index contributed by atoms with van der Waals surface area (Å²) in [5.41, 5.74) is 2.12. The Morgan fingerprint density at radius 2 is 1.88 bits per heavy atom. The predicted molar refractivity (Wildman–Crippen MR) is 99.7 cm³/mol. The van der Waals surface area contributed by atoms with Gasteiger partial charge in [0, 0.05) is 26.1 Å². The molecule has 0 spiro atoms. The summed E-state index contributed by atoms with van der Waals surface area (Å²) >= 11 is 0. The summed E-state index contributed by atoms with van der Waals surface area (Å²) in [7, 11) is 1.65. The van der Waals surface area contributed by atoms with Gasteiger partial charge >= 0.3 is 0 Å². The van der Waals surface area contributed by atoms with Crippen molar-refractivity contribution < 1.29 is 14.3 Å². The first-order valence-electron chi connectivity index (χ1n) is 8.88. The molecule has 2 amide bonds.